The molecule has 0 saturated heterocycles. The van der Waals surface area contributed by atoms with E-state index in [0.29, 0.717) is 0 Å². The van der Waals surface area contributed by atoms with Crippen molar-refractivity contribution in [1.82, 2.24) is 0 Å². The van der Waals surface area contributed by atoms with Crippen molar-refractivity contribution in [3.05, 3.63) is 29.8 Å². The van der Waals surface area contributed by atoms with Gasteiger partial charge in [-0.3, -0.25) is 0 Å². The lowest BCUT2D eigenvalue weighted by molar-refractivity contribution is 0.199. The third kappa shape index (κ3) is 4.69. The van der Waals surface area contributed by atoms with Gasteiger partial charge in [-0.2, -0.15) is 0 Å². The second-order valence-electron chi connectivity index (χ2n) is 3.53. The van der Waals surface area contributed by atoms with Gasteiger partial charge in [0, 0.05) is 11.5 Å². The van der Waals surface area contributed by atoms with E-state index in [-0.39, 0.29) is 6.61 Å². The Labute approximate surface area is 95.3 Å². The zero-order valence-corrected chi connectivity index (χ0v) is 9.83. The highest BCUT2D eigenvalue weighted by Gasteiger charge is 2.01. The molecule has 1 aromatic carbocycles. The number of hydrogen-bond donors (Lipinski definition) is 2. The Morgan fingerprint density at radius 3 is 2.80 bits per heavy atom. The lowest BCUT2D eigenvalue weighted by Gasteiger charge is -2.06. The summed E-state index contributed by atoms with van der Waals surface area (Å²) in [6.45, 7) is 2.05. The van der Waals surface area contributed by atoms with Crippen LogP contribution in [-0.4, -0.2) is 22.6 Å². The van der Waals surface area contributed by atoms with Gasteiger partial charge in [-0.05, 0) is 43.2 Å². The zero-order valence-electron chi connectivity index (χ0n) is 9.02. The highest BCUT2D eigenvalue weighted by atomic mass is 32.2. The van der Waals surface area contributed by atoms with Crippen molar-refractivity contribution in [2.75, 3.05) is 12.4 Å². The van der Waals surface area contributed by atoms with Gasteiger partial charge in [0.2, 0.25) is 0 Å². The maximum absolute atomic E-state index is 9.42. The minimum atomic E-state index is -0.400. The molecule has 0 fully saturated rings. The van der Waals surface area contributed by atoms with Gasteiger partial charge in [-0.15, -0.1) is 11.8 Å². The predicted molar refractivity (Wildman–Crippen MR) is 64.1 cm³/mol. The minimum absolute atomic E-state index is 0.272. The molecule has 0 spiro atoms. The molecule has 15 heavy (non-hydrogen) atoms. The minimum Gasteiger partial charge on any atom is -0.396 e. The van der Waals surface area contributed by atoms with Gasteiger partial charge < -0.3 is 10.2 Å². The van der Waals surface area contributed by atoms with Crippen molar-refractivity contribution >= 4 is 11.8 Å². The third-order valence-corrected chi connectivity index (χ3v) is 3.24. The molecule has 1 atom stereocenters. The summed E-state index contributed by atoms with van der Waals surface area (Å²) < 4.78 is 0. The van der Waals surface area contributed by atoms with Crippen LogP contribution in [0.25, 0.3) is 0 Å². The molecule has 2 nitrogen and oxygen atoms in total. The monoisotopic (exact) mass is 226 g/mol. The predicted octanol–water partition coefficient (Wildman–Crippen LogP) is 2.60. The smallest absolute Gasteiger partial charge is 0.0762 e. The van der Waals surface area contributed by atoms with Gasteiger partial charge in [0.25, 0.3) is 0 Å². The molecule has 1 unspecified atom stereocenters. The number of thioether (sulfide) groups is 1. The second kappa shape index (κ2) is 6.88. The molecule has 0 amide bonds. The Kier molecular flexibility index (Phi) is 5.76. The standard InChI is InChI=1S/C12H18O2S/c1-10(14)11-5-4-6-12(9-11)15-8-3-2-7-13/h4-6,9-10,13-14H,2-3,7-8H2,1H3. The molecule has 0 radical (unpaired) electrons. The van der Waals surface area contributed by atoms with Crippen molar-refractivity contribution in [1.29, 1.82) is 0 Å². The molecule has 0 aliphatic carbocycles. The van der Waals surface area contributed by atoms with E-state index in [4.69, 9.17) is 5.11 Å². The molecular formula is C12H18O2S. The summed E-state index contributed by atoms with van der Waals surface area (Å²) in [5.74, 6) is 1.02. The summed E-state index contributed by atoms with van der Waals surface area (Å²) in [5, 5.41) is 18.1. The van der Waals surface area contributed by atoms with Crippen LogP contribution in [0.3, 0.4) is 0 Å². The van der Waals surface area contributed by atoms with Crippen LogP contribution < -0.4 is 0 Å². The number of hydrogen-bond acceptors (Lipinski definition) is 3. The Hall–Kier alpha value is -0.510. The van der Waals surface area contributed by atoms with E-state index in [1.165, 1.54) is 4.90 Å². The Balaban J connectivity index is 2.43. The van der Waals surface area contributed by atoms with E-state index in [2.05, 4.69) is 6.07 Å². The van der Waals surface area contributed by atoms with Crippen molar-refractivity contribution in [3.63, 3.8) is 0 Å². The van der Waals surface area contributed by atoms with E-state index >= 15 is 0 Å². The van der Waals surface area contributed by atoms with Crippen LogP contribution in [0.5, 0.6) is 0 Å². The number of aliphatic hydroxyl groups excluding tert-OH is 2. The van der Waals surface area contributed by atoms with Gasteiger partial charge in [-0.25, -0.2) is 0 Å². The number of benzene rings is 1. The Bertz CT molecular complexity index is 287. The first kappa shape index (κ1) is 12.6. The first-order chi connectivity index (χ1) is 7.24. The van der Waals surface area contributed by atoms with Gasteiger partial charge >= 0.3 is 0 Å². The molecule has 0 aliphatic rings. The molecule has 0 bridgehead atoms. The summed E-state index contributed by atoms with van der Waals surface area (Å²) in [4.78, 5) is 1.19. The number of rotatable bonds is 6. The summed E-state index contributed by atoms with van der Waals surface area (Å²) in [7, 11) is 0. The average Bonchev–Trinajstić information content (AvgIpc) is 2.25. The van der Waals surface area contributed by atoms with Crippen molar-refractivity contribution in [2.24, 2.45) is 0 Å². The lowest BCUT2D eigenvalue weighted by Crippen LogP contribution is -1.91. The van der Waals surface area contributed by atoms with E-state index in [1.807, 2.05) is 18.2 Å². The van der Waals surface area contributed by atoms with Gasteiger partial charge in [0.1, 0.15) is 0 Å². The van der Waals surface area contributed by atoms with Crippen LogP contribution in [0.15, 0.2) is 29.2 Å². The van der Waals surface area contributed by atoms with E-state index in [0.717, 1.165) is 24.2 Å². The molecular weight excluding hydrogens is 208 g/mol. The fourth-order valence-corrected chi connectivity index (χ4v) is 2.25. The second-order valence-corrected chi connectivity index (χ2v) is 4.70. The molecule has 0 aliphatic heterocycles. The quantitative estimate of drug-likeness (QED) is 0.578. The lowest BCUT2D eigenvalue weighted by atomic mass is 10.1. The van der Waals surface area contributed by atoms with Gasteiger partial charge in [0.05, 0.1) is 6.10 Å². The summed E-state index contributed by atoms with van der Waals surface area (Å²) >= 11 is 1.77. The maximum atomic E-state index is 9.42. The van der Waals surface area contributed by atoms with Gasteiger partial charge in [-0.1, -0.05) is 12.1 Å². The topological polar surface area (TPSA) is 40.5 Å². The van der Waals surface area contributed by atoms with Crippen LogP contribution in [0.1, 0.15) is 31.4 Å². The van der Waals surface area contributed by atoms with Crippen LogP contribution in [0, 0.1) is 0 Å². The zero-order chi connectivity index (χ0) is 11.1. The summed E-state index contributed by atoms with van der Waals surface area (Å²) in [5.41, 5.74) is 0.960. The molecule has 0 saturated carbocycles. The van der Waals surface area contributed by atoms with Crippen molar-refractivity contribution < 1.29 is 10.2 Å². The fourth-order valence-electron chi connectivity index (χ4n) is 1.27. The fraction of sp³-hybridized carbons (Fsp3) is 0.500. The Morgan fingerprint density at radius 2 is 2.13 bits per heavy atom. The SMILES string of the molecule is CC(O)c1cccc(SCCCCO)c1. The van der Waals surface area contributed by atoms with Gasteiger partial charge in [0.15, 0.2) is 0 Å². The third-order valence-electron chi connectivity index (χ3n) is 2.16. The molecule has 84 valence electrons. The molecule has 2 N–H and O–H groups in total. The average molecular weight is 226 g/mol. The molecule has 3 heteroatoms. The van der Waals surface area contributed by atoms with Crippen molar-refractivity contribution in [2.45, 2.75) is 30.8 Å². The first-order valence-corrected chi connectivity index (χ1v) is 6.24. The maximum Gasteiger partial charge on any atom is 0.0762 e. The number of unbranched alkanes of at least 4 members (excludes halogenated alkanes) is 1. The van der Waals surface area contributed by atoms with Crippen molar-refractivity contribution in [3.8, 4) is 0 Å². The highest BCUT2D eigenvalue weighted by Crippen LogP contribution is 2.23. The summed E-state index contributed by atoms with van der Waals surface area (Å²) in [6, 6.07) is 7.97. The number of aliphatic hydroxyl groups is 2. The Morgan fingerprint density at radius 1 is 1.33 bits per heavy atom. The van der Waals surface area contributed by atoms with E-state index in [1.54, 1.807) is 18.7 Å². The highest BCUT2D eigenvalue weighted by molar-refractivity contribution is 7.99. The van der Waals surface area contributed by atoms with E-state index < -0.39 is 6.10 Å². The van der Waals surface area contributed by atoms with Crippen LogP contribution in [-0.2, 0) is 0 Å². The molecule has 1 aromatic rings. The summed E-state index contributed by atoms with van der Waals surface area (Å²) in [6.07, 6.45) is 1.49. The molecule has 1 rings (SSSR count). The van der Waals surface area contributed by atoms with Crippen LogP contribution >= 0.6 is 11.8 Å². The van der Waals surface area contributed by atoms with Crippen LogP contribution in [0.2, 0.25) is 0 Å². The largest absolute Gasteiger partial charge is 0.396 e. The first-order valence-electron chi connectivity index (χ1n) is 5.25. The molecule has 0 aromatic heterocycles. The molecule has 0 heterocycles. The van der Waals surface area contributed by atoms with Crippen LogP contribution in [0.4, 0.5) is 0 Å². The van der Waals surface area contributed by atoms with E-state index in [9.17, 15) is 5.11 Å². The normalized spacial score (nSPS) is 12.7.